The second-order valence-electron chi connectivity index (χ2n) is 6.01. The van der Waals surface area contributed by atoms with Gasteiger partial charge in [-0.1, -0.05) is 0 Å². The highest BCUT2D eigenvalue weighted by atomic mass is 16.5. The number of isocyanates is 1. The summed E-state index contributed by atoms with van der Waals surface area (Å²) in [5.74, 6) is 1.60. The van der Waals surface area contributed by atoms with Gasteiger partial charge >= 0.3 is 0 Å². The van der Waals surface area contributed by atoms with Crippen LogP contribution in [0.1, 0.15) is 37.7 Å². The maximum atomic E-state index is 10.7. The van der Waals surface area contributed by atoms with Gasteiger partial charge in [0.1, 0.15) is 17.0 Å². The number of carbonyl (C=O) groups excluding carboxylic acids is 1. The molecule has 0 amide bonds. The van der Waals surface area contributed by atoms with Crippen LogP contribution in [0.3, 0.4) is 0 Å². The summed E-state index contributed by atoms with van der Waals surface area (Å²) < 4.78 is 11.2. The van der Waals surface area contributed by atoms with Crippen LogP contribution >= 0.6 is 0 Å². The van der Waals surface area contributed by atoms with Crippen LogP contribution in [0.15, 0.2) is 17.1 Å². The molecule has 5 heteroatoms. The molecule has 0 unspecified atom stereocenters. The van der Waals surface area contributed by atoms with Crippen LogP contribution < -0.4 is 14.4 Å². The van der Waals surface area contributed by atoms with Crippen molar-refractivity contribution in [3.05, 3.63) is 17.7 Å². The quantitative estimate of drug-likeness (QED) is 0.620. The minimum atomic E-state index is -0.458. The lowest BCUT2D eigenvalue weighted by Crippen LogP contribution is -2.29. The van der Waals surface area contributed by atoms with Crippen molar-refractivity contribution in [2.45, 2.75) is 37.6 Å². The molecule has 5 nitrogen and oxygen atoms in total. The molecule has 0 spiro atoms. The lowest BCUT2D eigenvalue weighted by Gasteiger charge is -2.31. The molecule has 1 aromatic carbocycles. The second-order valence-corrected chi connectivity index (χ2v) is 6.01. The molecule has 0 aromatic heterocycles. The van der Waals surface area contributed by atoms with Crippen molar-refractivity contribution < 1.29 is 14.3 Å². The number of rotatable bonds is 5. The lowest BCUT2D eigenvalue weighted by molar-refractivity contribution is 0.393. The molecular formula is C17H22N2O3. The summed E-state index contributed by atoms with van der Waals surface area (Å²) >= 11 is 0. The van der Waals surface area contributed by atoms with Crippen LogP contribution in [-0.4, -0.2) is 33.4 Å². The Balaban J connectivity index is 2.04. The van der Waals surface area contributed by atoms with Gasteiger partial charge in [-0.15, -0.1) is 0 Å². The fraction of sp³-hybridized carbons (Fsp3) is 0.588. The number of nitrogens with zero attached hydrogens (tertiary/aromatic N) is 2. The van der Waals surface area contributed by atoms with Crippen molar-refractivity contribution in [3.63, 3.8) is 0 Å². The predicted octanol–water partition coefficient (Wildman–Crippen LogP) is 3.02. The van der Waals surface area contributed by atoms with Crippen molar-refractivity contribution in [2.24, 2.45) is 4.99 Å². The minimum Gasteiger partial charge on any atom is -0.496 e. The van der Waals surface area contributed by atoms with E-state index < -0.39 is 5.54 Å². The average molecular weight is 302 g/mol. The maximum absolute atomic E-state index is 10.7. The topological polar surface area (TPSA) is 51.1 Å². The predicted molar refractivity (Wildman–Crippen MR) is 84.6 cm³/mol. The molecule has 118 valence electrons. The lowest BCUT2D eigenvalue weighted by atomic mass is 10.0. The van der Waals surface area contributed by atoms with E-state index >= 15 is 0 Å². The number of ether oxygens (including phenoxy) is 2. The van der Waals surface area contributed by atoms with Gasteiger partial charge in [-0.05, 0) is 38.2 Å². The van der Waals surface area contributed by atoms with Crippen LogP contribution in [0, 0.1) is 0 Å². The van der Waals surface area contributed by atoms with E-state index in [0.29, 0.717) is 0 Å². The number of hydrogen-bond acceptors (Lipinski definition) is 5. The third kappa shape index (κ3) is 2.57. The summed E-state index contributed by atoms with van der Waals surface area (Å²) in [4.78, 5) is 17.1. The Labute approximate surface area is 130 Å². The van der Waals surface area contributed by atoms with Crippen LogP contribution in [0.2, 0.25) is 0 Å². The molecule has 0 N–H and O–H groups in total. The number of methoxy groups -OCH3 is 2. The third-order valence-corrected chi connectivity index (χ3v) is 4.68. The maximum Gasteiger partial charge on any atom is 0.235 e. The Morgan fingerprint density at radius 1 is 1.09 bits per heavy atom. The Morgan fingerprint density at radius 3 is 2.32 bits per heavy atom. The Bertz CT molecular complexity index is 598. The third-order valence-electron chi connectivity index (χ3n) is 4.68. The molecule has 1 saturated carbocycles. The zero-order valence-electron chi connectivity index (χ0n) is 13.2. The summed E-state index contributed by atoms with van der Waals surface area (Å²) in [5, 5.41) is 0. The van der Waals surface area contributed by atoms with E-state index in [1.54, 1.807) is 20.3 Å². The highest BCUT2D eigenvalue weighted by Gasteiger charge is 2.47. The number of benzene rings is 1. The first-order valence-corrected chi connectivity index (χ1v) is 7.84. The first-order valence-electron chi connectivity index (χ1n) is 7.84. The summed E-state index contributed by atoms with van der Waals surface area (Å²) in [7, 11) is 3.34. The smallest absolute Gasteiger partial charge is 0.235 e. The van der Waals surface area contributed by atoms with E-state index in [1.807, 2.05) is 12.1 Å². The van der Waals surface area contributed by atoms with Crippen molar-refractivity contribution >= 4 is 11.8 Å². The largest absolute Gasteiger partial charge is 0.496 e. The van der Waals surface area contributed by atoms with Crippen molar-refractivity contribution in [1.82, 2.24) is 0 Å². The Morgan fingerprint density at radius 2 is 1.77 bits per heavy atom. The zero-order chi connectivity index (χ0) is 15.6. The minimum absolute atomic E-state index is 0.458. The molecule has 0 bridgehead atoms. The van der Waals surface area contributed by atoms with Gasteiger partial charge in [-0.3, -0.25) is 0 Å². The normalized spacial score (nSPS) is 19.3. The van der Waals surface area contributed by atoms with E-state index in [0.717, 1.165) is 48.7 Å². The van der Waals surface area contributed by atoms with Gasteiger partial charge in [0, 0.05) is 24.7 Å². The molecule has 1 saturated heterocycles. The number of aliphatic imine (C=N–C) groups is 1. The molecule has 1 aliphatic heterocycles. The molecule has 1 aliphatic carbocycles. The Hall–Kier alpha value is -2.00. The molecule has 0 atom stereocenters. The van der Waals surface area contributed by atoms with Gasteiger partial charge in [-0.2, -0.15) is 4.99 Å². The molecule has 1 aromatic rings. The molecule has 0 radical (unpaired) electrons. The average Bonchev–Trinajstić information content (AvgIpc) is 3.35. The number of anilines is 1. The highest BCUT2D eigenvalue weighted by molar-refractivity contribution is 5.66. The summed E-state index contributed by atoms with van der Waals surface area (Å²) in [5.41, 5.74) is 1.53. The van der Waals surface area contributed by atoms with E-state index in [1.165, 1.54) is 19.3 Å². The van der Waals surface area contributed by atoms with Crippen LogP contribution in [-0.2, 0) is 10.3 Å². The number of piperidine rings is 1. The monoisotopic (exact) mass is 302 g/mol. The molecule has 22 heavy (non-hydrogen) atoms. The van der Waals surface area contributed by atoms with E-state index in [9.17, 15) is 4.79 Å². The van der Waals surface area contributed by atoms with E-state index in [-0.39, 0.29) is 0 Å². The molecule has 3 rings (SSSR count). The van der Waals surface area contributed by atoms with E-state index in [4.69, 9.17) is 9.47 Å². The first-order chi connectivity index (χ1) is 10.7. The van der Waals surface area contributed by atoms with Crippen LogP contribution in [0.25, 0.3) is 0 Å². The summed E-state index contributed by atoms with van der Waals surface area (Å²) in [6, 6.07) is 4.01. The second kappa shape index (κ2) is 6.01. The fourth-order valence-corrected chi connectivity index (χ4v) is 3.27. The van der Waals surface area contributed by atoms with Crippen molar-refractivity contribution in [3.8, 4) is 11.5 Å². The van der Waals surface area contributed by atoms with Gasteiger partial charge in [-0.25, -0.2) is 4.79 Å². The van der Waals surface area contributed by atoms with Gasteiger partial charge in [0.05, 0.1) is 19.9 Å². The molecule has 2 fully saturated rings. The Kier molecular flexibility index (Phi) is 4.08. The fourth-order valence-electron chi connectivity index (χ4n) is 3.27. The highest BCUT2D eigenvalue weighted by Crippen LogP contribution is 2.54. The van der Waals surface area contributed by atoms with Crippen molar-refractivity contribution in [2.75, 3.05) is 32.2 Å². The first kappa shape index (κ1) is 14.9. The zero-order valence-corrected chi connectivity index (χ0v) is 13.2. The van der Waals surface area contributed by atoms with Gasteiger partial charge in [0.2, 0.25) is 6.08 Å². The van der Waals surface area contributed by atoms with Crippen LogP contribution in [0.4, 0.5) is 5.69 Å². The van der Waals surface area contributed by atoms with Crippen molar-refractivity contribution in [1.29, 1.82) is 0 Å². The molecule has 1 heterocycles. The standard InChI is InChI=1S/C17H22N2O3/c1-21-15-11-14(19-8-4-3-5-9-19)16(22-2)10-13(15)17(6-7-17)18-12-20/h10-11H,3-9H2,1-2H3. The summed E-state index contributed by atoms with van der Waals surface area (Å²) in [6.45, 7) is 2.08. The van der Waals surface area contributed by atoms with Gasteiger partial charge < -0.3 is 14.4 Å². The van der Waals surface area contributed by atoms with Gasteiger partial charge in [0.15, 0.2) is 0 Å². The summed E-state index contributed by atoms with van der Waals surface area (Å²) in [6.07, 6.45) is 7.09. The van der Waals surface area contributed by atoms with E-state index in [2.05, 4.69) is 9.89 Å². The SMILES string of the molecule is COc1cc(C2(N=C=O)CC2)c(OC)cc1N1CCCCC1. The number of hydrogen-bond donors (Lipinski definition) is 0. The van der Waals surface area contributed by atoms with Crippen LogP contribution in [0.5, 0.6) is 11.5 Å². The van der Waals surface area contributed by atoms with Gasteiger partial charge in [0.25, 0.3) is 0 Å². The molecular weight excluding hydrogens is 280 g/mol. The molecule has 2 aliphatic rings.